The van der Waals surface area contributed by atoms with Gasteiger partial charge in [0.2, 0.25) is 0 Å². The second kappa shape index (κ2) is 4.87. The summed E-state index contributed by atoms with van der Waals surface area (Å²) in [5.41, 5.74) is 1.36. The molecule has 0 saturated carbocycles. The Bertz CT molecular complexity index is 604. The lowest BCUT2D eigenvalue weighted by Gasteiger charge is -2.03. The molecule has 0 saturated heterocycles. The average Bonchev–Trinajstić information content (AvgIpc) is 2.80. The Morgan fingerprint density at radius 3 is 2.94 bits per heavy atom. The molecule has 1 N–H and O–H groups in total. The van der Waals surface area contributed by atoms with E-state index in [0.717, 1.165) is 0 Å². The molecule has 0 aliphatic heterocycles. The van der Waals surface area contributed by atoms with Crippen molar-refractivity contribution in [3.05, 3.63) is 35.8 Å². The molecular formula is C12H13N3O3. The van der Waals surface area contributed by atoms with Gasteiger partial charge in [-0.3, -0.25) is 9.20 Å². The summed E-state index contributed by atoms with van der Waals surface area (Å²) in [4.78, 5) is 27.2. The highest BCUT2D eigenvalue weighted by atomic mass is 16.5. The molecule has 0 aromatic carbocycles. The molecule has 0 radical (unpaired) electrons. The lowest BCUT2D eigenvalue weighted by atomic mass is 10.2. The van der Waals surface area contributed by atoms with E-state index >= 15 is 0 Å². The summed E-state index contributed by atoms with van der Waals surface area (Å²) in [5.74, 6) is -0.629. The van der Waals surface area contributed by atoms with Crippen molar-refractivity contribution >= 4 is 17.5 Å². The van der Waals surface area contributed by atoms with E-state index in [4.69, 9.17) is 4.74 Å². The molecule has 18 heavy (non-hydrogen) atoms. The number of ether oxygens (including phenoxy) is 1. The zero-order valence-electron chi connectivity index (χ0n) is 10.1. The Kier molecular flexibility index (Phi) is 3.27. The van der Waals surface area contributed by atoms with Crippen molar-refractivity contribution in [2.75, 3.05) is 13.7 Å². The van der Waals surface area contributed by atoms with E-state index in [9.17, 15) is 9.59 Å². The van der Waals surface area contributed by atoms with E-state index in [1.165, 1.54) is 6.20 Å². The summed E-state index contributed by atoms with van der Waals surface area (Å²) >= 11 is 0. The molecule has 0 aliphatic rings. The van der Waals surface area contributed by atoms with Gasteiger partial charge in [-0.2, -0.15) is 0 Å². The van der Waals surface area contributed by atoms with Crippen LogP contribution in [0.3, 0.4) is 0 Å². The molecule has 2 rings (SSSR count). The molecule has 2 aromatic rings. The van der Waals surface area contributed by atoms with E-state index in [-0.39, 0.29) is 5.91 Å². The minimum Gasteiger partial charge on any atom is -0.461 e. The molecule has 0 spiro atoms. The first kappa shape index (κ1) is 12.1. The molecule has 2 aromatic heterocycles. The van der Waals surface area contributed by atoms with Crippen molar-refractivity contribution in [3.63, 3.8) is 0 Å². The van der Waals surface area contributed by atoms with Crippen LogP contribution in [0.1, 0.15) is 27.8 Å². The number of pyridine rings is 1. The van der Waals surface area contributed by atoms with Crippen molar-refractivity contribution in [1.82, 2.24) is 14.7 Å². The lowest BCUT2D eigenvalue weighted by molar-refractivity contribution is 0.0518. The van der Waals surface area contributed by atoms with Gasteiger partial charge in [0.25, 0.3) is 5.91 Å². The number of nitrogens with one attached hydrogen (secondary N) is 1. The second-order valence-electron chi connectivity index (χ2n) is 3.59. The fraction of sp³-hybridized carbons (Fsp3) is 0.250. The quantitative estimate of drug-likeness (QED) is 0.817. The summed E-state index contributed by atoms with van der Waals surface area (Å²) in [6.45, 7) is 2.05. The van der Waals surface area contributed by atoms with Gasteiger partial charge in [-0.25, -0.2) is 9.78 Å². The lowest BCUT2D eigenvalue weighted by Crippen LogP contribution is -2.18. The fourth-order valence-corrected chi connectivity index (χ4v) is 1.62. The highest BCUT2D eigenvalue weighted by molar-refractivity contribution is 5.95. The average molecular weight is 247 g/mol. The van der Waals surface area contributed by atoms with Crippen LogP contribution in [0.4, 0.5) is 0 Å². The second-order valence-corrected chi connectivity index (χ2v) is 3.59. The Morgan fingerprint density at radius 2 is 2.28 bits per heavy atom. The van der Waals surface area contributed by atoms with Crippen LogP contribution in [0, 0.1) is 0 Å². The summed E-state index contributed by atoms with van der Waals surface area (Å²) < 4.78 is 6.50. The predicted molar refractivity (Wildman–Crippen MR) is 64.5 cm³/mol. The van der Waals surface area contributed by atoms with Crippen molar-refractivity contribution in [3.8, 4) is 0 Å². The summed E-state index contributed by atoms with van der Waals surface area (Å²) in [5, 5.41) is 2.53. The highest BCUT2D eigenvalue weighted by Gasteiger charge is 2.14. The van der Waals surface area contributed by atoms with Crippen LogP contribution in [-0.2, 0) is 4.74 Å². The van der Waals surface area contributed by atoms with Crippen molar-refractivity contribution < 1.29 is 14.3 Å². The third-order valence-electron chi connectivity index (χ3n) is 2.49. The summed E-state index contributed by atoms with van der Waals surface area (Å²) in [6, 6.07) is 3.23. The maximum atomic E-state index is 11.6. The van der Waals surface area contributed by atoms with Crippen LogP contribution in [0.5, 0.6) is 0 Å². The van der Waals surface area contributed by atoms with Crippen LogP contribution in [0.15, 0.2) is 24.5 Å². The fourth-order valence-electron chi connectivity index (χ4n) is 1.62. The number of imidazole rings is 1. The van der Waals surface area contributed by atoms with Gasteiger partial charge in [-0.05, 0) is 19.1 Å². The minimum absolute atomic E-state index is 0.196. The van der Waals surface area contributed by atoms with Gasteiger partial charge in [0, 0.05) is 18.8 Å². The third-order valence-corrected chi connectivity index (χ3v) is 2.49. The number of hydrogen-bond acceptors (Lipinski definition) is 4. The van der Waals surface area contributed by atoms with E-state index < -0.39 is 5.97 Å². The van der Waals surface area contributed by atoms with Crippen LogP contribution in [0.2, 0.25) is 0 Å². The first-order chi connectivity index (χ1) is 8.67. The number of nitrogens with zero attached hydrogens (tertiary/aromatic N) is 2. The maximum absolute atomic E-state index is 11.6. The number of aromatic nitrogens is 2. The third kappa shape index (κ3) is 2.04. The Labute approximate surface area is 104 Å². The van der Waals surface area contributed by atoms with Gasteiger partial charge >= 0.3 is 5.97 Å². The molecule has 6 heteroatoms. The van der Waals surface area contributed by atoms with Gasteiger partial charge in [0.15, 0.2) is 5.69 Å². The van der Waals surface area contributed by atoms with E-state index in [1.807, 2.05) is 0 Å². The number of esters is 1. The zero-order valence-corrected chi connectivity index (χ0v) is 10.1. The SMILES string of the molecule is CCOC(=O)c1cnc2cc(C(=O)NC)ccn12. The van der Waals surface area contributed by atoms with Crippen molar-refractivity contribution in [2.24, 2.45) is 0 Å². The van der Waals surface area contributed by atoms with Gasteiger partial charge in [-0.1, -0.05) is 0 Å². The zero-order chi connectivity index (χ0) is 13.1. The predicted octanol–water partition coefficient (Wildman–Crippen LogP) is 0.871. The monoisotopic (exact) mass is 247 g/mol. The largest absolute Gasteiger partial charge is 0.461 e. The first-order valence-electron chi connectivity index (χ1n) is 5.53. The van der Waals surface area contributed by atoms with E-state index in [0.29, 0.717) is 23.5 Å². The Balaban J connectivity index is 2.43. The molecule has 0 fully saturated rings. The smallest absolute Gasteiger partial charge is 0.356 e. The molecule has 0 atom stereocenters. The molecule has 94 valence electrons. The number of carbonyl (C=O) groups excluding carboxylic acids is 2. The molecule has 0 aliphatic carbocycles. The summed E-state index contributed by atoms with van der Waals surface area (Å²) in [6.07, 6.45) is 3.06. The van der Waals surface area contributed by atoms with Crippen molar-refractivity contribution in [1.29, 1.82) is 0 Å². The maximum Gasteiger partial charge on any atom is 0.356 e. The van der Waals surface area contributed by atoms with E-state index in [2.05, 4.69) is 10.3 Å². The molecule has 0 unspecified atom stereocenters. The molecular weight excluding hydrogens is 234 g/mol. The molecule has 2 heterocycles. The van der Waals surface area contributed by atoms with Crippen LogP contribution in [-0.4, -0.2) is 34.9 Å². The number of carbonyl (C=O) groups is 2. The van der Waals surface area contributed by atoms with Crippen molar-refractivity contribution in [2.45, 2.75) is 6.92 Å². The normalized spacial score (nSPS) is 10.3. The molecule has 6 nitrogen and oxygen atoms in total. The standard InChI is InChI=1S/C12H13N3O3/c1-3-18-12(17)9-7-14-10-6-8(11(16)13-2)4-5-15(9)10/h4-7H,3H2,1-2H3,(H,13,16). The van der Waals surface area contributed by atoms with Gasteiger partial charge in [0.1, 0.15) is 5.65 Å². The van der Waals surface area contributed by atoms with Crippen LogP contribution >= 0.6 is 0 Å². The van der Waals surface area contributed by atoms with Gasteiger partial charge < -0.3 is 10.1 Å². The number of fused-ring (bicyclic) bond motifs is 1. The topological polar surface area (TPSA) is 72.7 Å². The summed E-state index contributed by atoms with van der Waals surface area (Å²) in [7, 11) is 1.56. The molecule has 0 bridgehead atoms. The van der Waals surface area contributed by atoms with Gasteiger partial charge in [0.05, 0.1) is 12.8 Å². The minimum atomic E-state index is -0.433. The van der Waals surface area contributed by atoms with Crippen LogP contribution in [0.25, 0.3) is 5.65 Å². The first-order valence-corrected chi connectivity index (χ1v) is 5.53. The molecule has 1 amide bonds. The van der Waals surface area contributed by atoms with Crippen LogP contribution < -0.4 is 5.32 Å². The van der Waals surface area contributed by atoms with Gasteiger partial charge in [-0.15, -0.1) is 0 Å². The van der Waals surface area contributed by atoms with E-state index in [1.54, 1.807) is 36.7 Å². The Morgan fingerprint density at radius 1 is 1.50 bits per heavy atom. The number of rotatable bonds is 3. The number of hydrogen-bond donors (Lipinski definition) is 1. The highest BCUT2D eigenvalue weighted by Crippen LogP contribution is 2.10. The Hall–Kier alpha value is -2.37. The number of amides is 1.